The molecule has 0 radical (unpaired) electrons. The van der Waals surface area contributed by atoms with Crippen molar-refractivity contribution in [3.8, 4) is 0 Å². The van der Waals surface area contributed by atoms with Crippen LogP contribution in [-0.2, 0) is 4.74 Å². The van der Waals surface area contributed by atoms with Crippen molar-refractivity contribution >= 4 is 17.9 Å². The van der Waals surface area contributed by atoms with Gasteiger partial charge in [-0.25, -0.2) is 4.79 Å². The first-order valence-corrected chi connectivity index (χ1v) is 8.78. The average Bonchev–Trinajstić information content (AvgIpc) is 2.45. The summed E-state index contributed by atoms with van der Waals surface area (Å²) in [6.07, 6.45) is 3.25. The van der Waals surface area contributed by atoms with Crippen LogP contribution in [0.1, 0.15) is 45.1 Å². The zero-order valence-corrected chi connectivity index (χ0v) is 14.5. The Bertz CT molecular complexity index is 584. The molecule has 22 heavy (non-hydrogen) atoms. The molecule has 1 saturated heterocycles. The second-order valence-corrected chi connectivity index (χ2v) is 7.40. The number of carbonyl (C=O) groups is 1. The fourth-order valence-corrected chi connectivity index (χ4v) is 3.01. The Hall–Kier alpha value is -1.43. The molecule has 1 fully saturated rings. The minimum Gasteiger partial charge on any atom is -0.444 e. The highest BCUT2D eigenvalue weighted by Crippen LogP contribution is 2.27. The van der Waals surface area contributed by atoms with Crippen LogP contribution in [0.15, 0.2) is 22.0 Å². The van der Waals surface area contributed by atoms with Crippen molar-refractivity contribution in [2.75, 3.05) is 19.3 Å². The van der Waals surface area contributed by atoms with Gasteiger partial charge >= 0.3 is 6.09 Å². The topological polar surface area (TPSA) is 62.4 Å². The number of hydrogen-bond donors (Lipinski definition) is 1. The van der Waals surface area contributed by atoms with E-state index in [4.69, 9.17) is 4.74 Å². The number of aromatic amines is 1. The van der Waals surface area contributed by atoms with Crippen LogP contribution in [-0.4, -0.2) is 40.9 Å². The number of hydrogen-bond acceptors (Lipinski definition) is 4. The Morgan fingerprint density at radius 1 is 1.32 bits per heavy atom. The zero-order valence-electron chi connectivity index (χ0n) is 13.6. The number of piperidine rings is 1. The van der Waals surface area contributed by atoms with E-state index >= 15 is 0 Å². The molecule has 0 unspecified atom stereocenters. The molecule has 0 atom stereocenters. The van der Waals surface area contributed by atoms with Crippen molar-refractivity contribution in [1.82, 2.24) is 9.88 Å². The molecule has 1 N–H and O–H groups in total. The Labute approximate surface area is 135 Å². The van der Waals surface area contributed by atoms with Crippen LogP contribution in [0.3, 0.4) is 0 Å². The molecule has 122 valence electrons. The molecule has 2 heterocycles. The monoisotopic (exact) mass is 324 g/mol. The summed E-state index contributed by atoms with van der Waals surface area (Å²) in [6, 6.07) is 3.86. The first kappa shape index (κ1) is 16.9. The van der Waals surface area contributed by atoms with Gasteiger partial charge in [-0.15, -0.1) is 11.8 Å². The van der Waals surface area contributed by atoms with Gasteiger partial charge in [-0.05, 0) is 51.9 Å². The van der Waals surface area contributed by atoms with Crippen LogP contribution in [0.5, 0.6) is 0 Å². The second kappa shape index (κ2) is 6.77. The van der Waals surface area contributed by atoms with Gasteiger partial charge in [-0.3, -0.25) is 4.79 Å². The highest BCUT2D eigenvalue weighted by atomic mass is 32.2. The molecular formula is C16H24N2O3S. The fourth-order valence-electron chi connectivity index (χ4n) is 2.61. The SMILES string of the molecule is CSc1ccc(C2CCN(C(=O)OC(C)(C)C)CC2)c(=O)[nH]1. The number of ether oxygens (including phenoxy) is 1. The maximum absolute atomic E-state index is 12.1. The third kappa shape index (κ3) is 4.29. The normalized spacial score (nSPS) is 16.6. The minimum absolute atomic E-state index is 0.0115. The van der Waals surface area contributed by atoms with E-state index in [9.17, 15) is 9.59 Å². The molecule has 1 amide bonds. The Morgan fingerprint density at radius 3 is 2.45 bits per heavy atom. The van der Waals surface area contributed by atoms with E-state index in [-0.39, 0.29) is 17.6 Å². The highest BCUT2D eigenvalue weighted by molar-refractivity contribution is 7.98. The third-order valence-corrected chi connectivity index (χ3v) is 4.40. The molecule has 0 spiro atoms. The van der Waals surface area contributed by atoms with Crippen LogP contribution in [0, 0.1) is 0 Å². The van der Waals surface area contributed by atoms with Crippen molar-refractivity contribution in [3.63, 3.8) is 0 Å². The molecule has 1 aromatic rings. The number of nitrogens with zero attached hydrogens (tertiary/aromatic N) is 1. The van der Waals surface area contributed by atoms with E-state index in [0.717, 1.165) is 23.4 Å². The van der Waals surface area contributed by atoms with Crippen LogP contribution in [0.4, 0.5) is 4.79 Å². The Morgan fingerprint density at radius 2 is 1.95 bits per heavy atom. The number of aromatic nitrogens is 1. The number of nitrogens with one attached hydrogen (secondary N) is 1. The lowest BCUT2D eigenvalue weighted by Gasteiger charge is -2.33. The molecule has 2 rings (SSSR count). The smallest absolute Gasteiger partial charge is 0.410 e. The van der Waals surface area contributed by atoms with E-state index < -0.39 is 5.60 Å². The molecular weight excluding hydrogens is 300 g/mol. The molecule has 0 aliphatic carbocycles. The van der Waals surface area contributed by atoms with Gasteiger partial charge in [0.25, 0.3) is 5.56 Å². The number of H-pyrrole nitrogens is 1. The second-order valence-electron chi connectivity index (χ2n) is 6.55. The van der Waals surface area contributed by atoms with Gasteiger partial charge in [0.2, 0.25) is 0 Å². The van der Waals surface area contributed by atoms with Crippen LogP contribution in [0.25, 0.3) is 0 Å². The van der Waals surface area contributed by atoms with Crippen molar-refractivity contribution in [1.29, 1.82) is 0 Å². The zero-order chi connectivity index (χ0) is 16.3. The lowest BCUT2D eigenvalue weighted by atomic mass is 9.90. The molecule has 1 aromatic heterocycles. The number of thioether (sulfide) groups is 1. The number of likely N-dealkylation sites (tertiary alicyclic amines) is 1. The van der Waals surface area contributed by atoms with Gasteiger partial charge in [-0.1, -0.05) is 6.07 Å². The summed E-state index contributed by atoms with van der Waals surface area (Å²) >= 11 is 1.52. The molecule has 0 saturated carbocycles. The van der Waals surface area contributed by atoms with Gasteiger partial charge in [0.15, 0.2) is 0 Å². The van der Waals surface area contributed by atoms with Crippen LogP contribution in [0.2, 0.25) is 0 Å². The molecule has 1 aliphatic heterocycles. The molecule has 5 nitrogen and oxygen atoms in total. The largest absolute Gasteiger partial charge is 0.444 e. The Kier molecular flexibility index (Phi) is 5.21. The predicted molar refractivity (Wildman–Crippen MR) is 88.6 cm³/mol. The highest BCUT2D eigenvalue weighted by Gasteiger charge is 2.28. The summed E-state index contributed by atoms with van der Waals surface area (Å²) in [4.78, 5) is 28.8. The van der Waals surface area contributed by atoms with Gasteiger partial charge in [-0.2, -0.15) is 0 Å². The summed E-state index contributed by atoms with van der Waals surface area (Å²) in [5.74, 6) is 0.207. The summed E-state index contributed by atoms with van der Waals surface area (Å²) in [7, 11) is 0. The average molecular weight is 324 g/mol. The summed E-state index contributed by atoms with van der Waals surface area (Å²) in [6.45, 7) is 6.85. The van der Waals surface area contributed by atoms with E-state index in [1.54, 1.807) is 4.90 Å². The van der Waals surface area contributed by atoms with Crippen molar-refractivity contribution in [2.45, 2.75) is 50.2 Å². The minimum atomic E-state index is -0.473. The maximum atomic E-state index is 12.1. The maximum Gasteiger partial charge on any atom is 0.410 e. The van der Waals surface area contributed by atoms with Crippen molar-refractivity contribution in [3.05, 3.63) is 28.0 Å². The number of pyridine rings is 1. The first-order chi connectivity index (χ1) is 10.3. The summed E-state index contributed by atoms with van der Waals surface area (Å²) in [5.41, 5.74) is 0.336. The van der Waals surface area contributed by atoms with Crippen LogP contribution < -0.4 is 5.56 Å². The van der Waals surface area contributed by atoms with Gasteiger partial charge in [0.05, 0.1) is 5.03 Å². The number of amides is 1. The summed E-state index contributed by atoms with van der Waals surface area (Å²) in [5, 5.41) is 0.875. The predicted octanol–water partition coefficient (Wildman–Crippen LogP) is 3.21. The lowest BCUT2D eigenvalue weighted by molar-refractivity contribution is 0.0204. The number of carbonyl (C=O) groups excluding carboxylic acids is 1. The third-order valence-electron chi connectivity index (χ3n) is 3.72. The van der Waals surface area contributed by atoms with E-state index in [1.807, 2.05) is 39.2 Å². The Balaban J connectivity index is 1.98. The lowest BCUT2D eigenvalue weighted by Crippen LogP contribution is -2.41. The molecule has 0 aromatic carbocycles. The standard InChI is InChI=1S/C16H24N2O3S/c1-16(2,3)21-15(20)18-9-7-11(8-10-18)12-5-6-13(22-4)17-14(12)19/h5-6,11H,7-10H2,1-4H3,(H,17,19). The summed E-state index contributed by atoms with van der Waals surface area (Å²) < 4.78 is 5.39. The number of rotatable bonds is 2. The molecule has 0 bridgehead atoms. The van der Waals surface area contributed by atoms with Crippen molar-refractivity contribution in [2.24, 2.45) is 0 Å². The molecule has 1 aliphatic rings. The van der Waals surface area contributed by atoms with E-state index in [1.165, 1.54) is 11.8 Å². The quantitative estimate of drug-likeness (QED) is 0.849. The van der Waals surface area contributed by atoms with E-state index in [0.29, 0.717) is 13.1 Å². The first-order valence-electron chi connectivity index (χ1n) is 7.55. The van der Waals surface area contributed by atoms with Gasteiger partial charge in [0, 0.05) is 18.7 Å². The van der Waals surface area contributed by atoms with E-state index in [2.05, 4.69) is 4.98 Å². The van der Waals surface area contributed by atoms with Gasteiger partial charge < -0.3 is 14.6 Å². The van der Waals surface area contributed by atoms with Crippen molar-refractivity contribution < 1.29 is 9.53 Å². The molecule has 6 heteroatoms. The fraction of sp³-hybridized carbons (Fsp3) is 0.625. The van der Waals surface area contributed by atoms with Crippen LogP contribution >= 0.6 is 11.8 Å². The van der Waals surface area contributed by atoms with Gasteiger partial charge in [0.1, 0.15) is 5.60 Å².